The van der Waals surface area contributed by atoms with Gasteiger partial charge in [0.05, 0.1) is 0 Å². The molecule has 1 unspecified atom stereocenters. The second kappa shape index (κ2) is 5.88. The number of esters is 1. The van der Waals surface area contributed by atoms with Crippen molar-refractivity contribution in [1.29, 1.82) is 0 Å². The Morgan fingerprint density at radius 2 is 2.33 bits per heavy atom. The molecule has 3 rings (SSSR count). The fourth-order valence-corrected chi connectivity index (χ4v) is 2.07. The van der Waals surface area contributed by atoms with Gasteiger partial charge in [-0.05, 0) is 6.42 Å². The number of hydrogen-bond acceptors (Lipinski definition) is 6. The number of fused-ring (bicyclic) bond motifs is 1. The van der Waals surface area contributed by atoms with Gasteiger partial charge in [0.1, 0.15) is 6.33 Å². The first kappa shape index (κ1) is 16.2. The van der Waals surface area contributed by atoms with Crippen LogP contribution in [0.1, 0.15) is 29.8 Å². The molecule has 0 aromatic carbocycles. The Morgan fingerprint density at radius 3 is 3.00 bits per heavy atom. The van der Waals surface area contributed by atoms with Gasteiger partial charge in [-0.1, -0.05) is 5.21 Å². The predicted octanol–water partition coefficient (Wildman–Crippen LogP) is 0.0313. The fourth-order valence-electron chi connectivity index (χ4n) is 2.07. The monoisotopic (exact) mass is 369 g/mol. The van der Waals surface area contributed by atoms with Crippen molar-refractivity contribution in [3.05, 3.63) is 28.9 Å². The van der Waals surface area contributed by atoms with Crippen LogP contribution < -0.4 is 5.69 Å². The summed E-state index contributed by atoms with van der Waals surface area (Å²) in [6, 6.07) is 0. The molecule has 1 aliphatic carbocycles. The third kappa shape index (κ3) is 2.89. The summed E-state index contributed by atoms with van der Waals surface area (Å²) in [6.45, 7) is 0. The molecule has 0 spiro atoms. The summed E-state index contributed by atoms with van der Waals surface area (Å²) in [5, 5.41) is 7.26. The summed E-state index contributed by atoms with van der Waals surface area (Å²) < 4.78 is 21.0. The van der Waals surface area contributed by atoms with E-state index < -0.39 is 17.5 Å². The number of rotatable bonds is 2. The Balaban J connectivity index is 0.00000161. The van der Waals surface area contributed by atoms with E-state index in [2.05, 4.69) is 15.3 Å². The van der Waals surface area contributed by atoms with Gasteiger partial charge in [-0.2, -0.15) is 11.1 Å². The summed E-state index contributed by atoms with van der Waals surface area (Å²) in [4.78, 5) is 27.4. The number of ether oxygens (including phenoxy) is 1. The maximum absolute atomic E-state index is 14.1. The number of hydrogen-bond donors (Lipinski definition) is 0. The van der Waals surface area contributed by atoms with Gasteiger partial charge in [0.2, 0.25) is 5.85 Å². The van der Waals surface area contributed by atoms with Crippen LogP contribution in [0.15, 0.2) is 11.1 Å². The molecule has 0 bridgehead atoms. The number of alkyl halides is 1. The molecule has 0 saturated heterocycles. The number of carbonyl (C=O) groups excluding carboxylic acids is 1. The average molecular weight is 369 g/mol. The van der Waals surface area contributed by atoms with Crippen molar-refractivity contribution in [2.24, 2.45) is 7.05 Å². The van der Waals surface area contributed by atoms with E-state index in [0.29, 0.717) is 6.42 Å². The Morgan fingerprint density at radius 1 is 1.57 bits per heavy atom. The summed E-state index contributed by atoms with van der Waals surface area (Å²) in [6.07, 6.45) is 3.58. The molecule has 0 amide bonds. The second-order valence-electron chi connectivity index (χ2n) is 4.59. The van der Waals surface area contributed by atoms with E-state index in [0.717, 1.165) is 15.4 Å². The van der Waals surface area contributed by atoms with E-state index in [1.54, 1.807) is 6.42 Å². The van der Waals surface area contributed by atoms with Gasteiger partial charge in [0, 0.05) is 39.8 Å². The van der Waals surface area contributed by atoms with Gasteiger partial charge in [-0.25, -0.2) is 23.4 Å². The van der Waals surface area contributed by atoms with Crippen molar-refractivity contribution in [3.8, 4) is 0 Å². The van der Waals surface area contributed by atoms with Crippen molar-refractivity contribution in [2.75, 3.05) is 0 Å². The second-order valence-corrected chi connectivity index (χ2v) is 4.59. The Hall–Kier alpha value is -1.22. The molecule has 1 radical (unpaired) electrons. The van der Waals surface area contributed by atoms with Gasteiger partial charge in [-0.15, -0.1) is 11.5 Å². The first-order valence-electron chi connectivity index (χ1n) is 6.01. The topological polar surface area (TPSA) is 91.4 Å². The minimum atomic E-state index is -2.00. The van der Waals surface area contributed by atoms with E-state index >= 15 is 0 Å². The number of halogens is 1. The molecular formula is C11H11FN5O3Y-. The molecule has 10 heteroatoms. The Bertz CT molecular complexity index is 737. The van der Waals surface area contributed by atoms with Crippen molar-refractivity contribution >= 4 is 11.6 Å². The normalized spacial score (nSPS) is 21.2. The average Bonchev–Trinajstić information content (AvgIpc) is 3.00. The van der Waals surface area contributed by atoms with E-state index in [-0.39, 0.29) is 56.9 Å². The molecular weight excluding hydrogens is 358 g/mol. The van der Waals surface area contributed by atoms with Crippen LogP contribution >= 0.6 is 0 Å². The van der Waals surface area contributed by atoms with Crippen LogP contribution in [0.4, 0.5) is 4.39 Å². The Labute approximate surface area is 143 Å². The maximum Gasteiger partial charge on any atom is 0.363 e. The number of aryl methyl sites for hydroxylation is 1. The molecule has 0 N–H and O–H groups in total. The smallest absolute Gasteiger partial charge is 0.363 e. The fraction of sp³-hybridized carbons (Fsp3) is 0.455. The maximum atomic E-state index is 14.1. The SMILES string of the molecule is Cn1nnc2c(C(=O)OC3(F)C[CH-]CC3)ncn2c1=O.[Y]. The van der Waals surface area contributed by atoms with Crippen molar-refractivity contribution in [1.82, 2.24) is 24.4 Å². The van der Waals surface area contributed by atoms with Gasteiger partial charge in [0.15, 0.2) is 11.3 Å². The van der Waals surface area contributed by atoms with Crippen LogP contribution in [-0.4, -0.2) is 36.2 Å². The van der Waals surface area contributed by atoms with Crippen LogP contribution in [0, 0.1) is 6.42 Å². The van der Waals surface area contributed by atoms with Crippen molar-refractivity contribution in [3.63, 3.8) is 0 Å². The van der Waals surface area contributed by atoms with Gasteiger partial charge in [-0.3, -0.25) is 0 Å². The van der Waals surface area contributed by atoms with Crippen LogP contribution in [-0.2, 0) is 44.5 Å². The van der Waals surface area contributed by atoms with Crippen molar-refractivity contribution in [2.45, 2.75) is 25.1 Å². The summed E-state index contributed by atoms with van der Waals surface area (Å²) in [7, 11) is 1.41. The van der Waals surface area contributed by atoms with Gasteiger partial charge in [0.25, 0.3) is 0 Å². The summed E-state index contributed by atoms with van der Waals surface area (Å²) >= 11 is 0. The third-order valence-electron chi connectivity index (χ3n) is 3.14. The van der Waals surface area contributed by atoms with E-state index in [1.165, 1.54) is 7.05 Å². The molecule has 2 aromatic heterocycles. The van der Waals surface area contributed by atoms with Gasteiger partial charge >= 0.3 is 11.7 Å². The summed E-state index contributed by atoms with van der Waals surface area (Å²) in [5.74, 6) is -2.95. The van der Waals surface area contributed by atoms with Crippen molar-refractivity contribution < 1.29 is 46.6 Å². The zero-order chi connectivity index (χ0) is 14.3. The van der Waals surface area contributed by atoms with Crippen LogP contribution in [0.2, 0.25) is 0 Å². The molecule has 109 valence electrons. The van der Waals surface area contributed by atoms with E-state index in [4.69, 9.17) is 4.74 Å². The van der Waals surface area contributed by atoms with Gasteiger partial charge < -0.3 is 11.2 Å². The molecule has 1 fully saturated rings. The molecule has 8 nitrogen and oxygen atoms in total. The molecule has 0 aliphatic heterocycles. The molecule has 2 aromatic rings. The number of aromatic nitrogens is 5. The van der Waals surface area contributed by atoms with E-state index in [1.807, 2.05) is 0 Å². The first-order chi connectivity index (χ1) is 9.50. The minimum absolute atomic E-state index is 0. The Kier molecular flexibility index (Phi) is 4.53. The third-order valence-corrected chi connectivity index (χ3v) is 3.14. The molecule has 1 saturated carbocycles. The first-order valence-corrected chi connectivity index (χ1v) is 6.01. The predicted molar refractivity (Wildman–Crippen MR) is 63.4 cm³/mol. The number of imidazole rings is 1. The zero-order valence-electron chi connectivity index (χ0n) is 11.2. The molecule has 1 aliphatic rings. The molecule has 2 heterocycles. The van der Waals surface area contributed by atoms with E-state index in [9.17, 15) is 14.0 Å². The number of carbonyl (C=O) groups is 1. The molecule has 1 atom stereocenters. The minimum Gasteiger partial charge on any atom is -0.427 e. The van der Waals surface area contributed by atoms with Crippen LogP contribution in [0.3, 0.4) is 0 Å². The van der Waals surface area contributed by atoms with Crippen LogP contribution in [0.25, 0.3) is 5.65 Å². The quantitative estimate of drug-likeness (QED) is 0.548. The molecule has 21 heavy (non-hydrogen) atoms. The summed E-state index contributed by atoms with van der Waals surface area (Å²) in [5.41, 5.74) is -0.784. The zero-order valence-corrected chi connectivity index (χ0v) is 14.0. The largest absolute Gasteiger partial charge is 0.427 e. The number of nitrogens with zero attached hydrogens (tertiary/aromatic N) is 5. The standard InChI is InChI=1S/C11H11FN5O3.Y/c1-16-10(19)17-6-13-7(8(17)14-15-16)9(18)20-11(12)4-2-3-5-11;/h2,6H,3-5H2,1H3;/q-1;. The van der Waals surface area contributed by atoms with Crippen LogP contribution in [0.5, 0.6) is 0 Å².